The van der Waals surface area contributed by atoms with Crippen LogP contribution < -0.4 is 5.73 Å². The van der Waals surface area contributed by atoms with Gasteiger partial charge in [-0.05, 0) is 31.9 Å². The first-order valence-corrected chi connectivity index (χ1v) is 7.41. The Balaban J connectivity index is 3.13. The standard InChI is InChI=1S/C16H25F3N2/c1-4-9-21(11-16(17,18)19)15(14(20)5-2)13-8-6-7-12(3)10-13/h6-8,10,14-15H,4-5,9,11,20H2,1-3H3. The molecule has 0 saturated carbocycles. The molecular weight excluding hydrogens is 277 g/mol. The molecule has 2 nitrogen and oxygen atoms in total. The van der Waals surface area contributed by atoms with Crippen molar-refractivity contribution in [2.24, 2.45) is 5.73 Å². The van der Waals surface area contributed by atoms with Crippen LogP contribution in [0.1, 0.15) is 43.9 Å². The van der Waals surface area contributed by atoms with Gasteiger partial charge in [-0.25, -0.2) is 0 Å². The minimum Gasteiger partial charge on any atom is -0.326 e. The summed E-state index contributed by atoms with van der Waals surface area (Å²) in [5.74, 6) is 0. The van der Waals surface area contributed by atoms with Crippen molar-refractivity contribution in [3.05, 3.63) is 35.4 Å². The molecule has 0 fully saturated rings. The van der Waals surface area contributed by atoms with Gasteiger partial charge in [0, 0.05) is 6.04 Å². The van der Waals surface area contributed by atoms with Gasteiger partial charge >= 0.3 is 6.18 Å². The number of aryl methyl sites for hydroxylation is 1. The molecular formula is C16H25F3N2. The molecule has 0 aliphatic rings. The van der Waals surface area contributed by atoms with E-state index in [0.717, 1.165) is 11.1 Å². The monoisotopic (exact) mass is 302 g/mol. The fourth-order valence-electron chi connectivity index (χ4n) is 2.64. The second kappa shape index (κ2) is 7.80. The summed E-state index contributed by atoms with van der Waals surface area (Å²) in [4.78, 5) is 1.46. The first-order valence-electron chi connectivity index (χ1n) is 7.41. The first kappa shape index (κ1) is 18.0. The van der Waals surface area contributed by atoms with Gasteiger partial charge in [-0.1, -0.05) is 43.7 Å². The Kier molecular flexibility index (Phi) is 6.68. The number of nitrogens with zero attached hydrogens (tertiary/aromatic N) is 1. The van der Waals surface area contributed by atoms with Gasteiger partial charge in [0.25, 0.3) is 0 Å². The highest BCUT2D eigenvalue weighted by Gasteiger charge is 2.35. The average Bonchev–Trinajstić information content (AvgIpc) is 2.37. The third-order valence-electron chi connectivity index (χ3n) is 3.55. The number of rotatable bonds is 7. The summed E-state index contributed by atoms with van der Waals surface area (Å²) in [7, 11) is 0. The van der Waals surface area contributed by atoms with Crippen LogP contribution in [0.5, 0.6) is 0 Å². The largest absolute Gasteiger partial charge is 0.401 e. The van der Waals surface area contributed by atoms with E-state index in [2.05, 4.69) is 0 Å². The van der Waals surface area contributed by atoms with Gasteiger partial charge in [0.15, 0.2) is 0 Å². The van der Waals surface area contributed by atoms with E-state index >= 15 is 0 Å². The quantitative estimate of drug-likeness (QED) is 0.823. The van der Waals surface area contributed by atoms with Crippen LogP contribution in [0.4, 0.5) is 13.2 Å². The predicted molar refractivity (Wildman–Crippen MR) is 80.1 cm³/mol. The Morgan fingerprint density at radius 3 is 2.38 bits per heavy atom. The van der Waals surface area contributed by atoms with Gasteiger partial charge in [-0.2, -0.15) is 13.2 Å². The van der Waals surface area contributed by atoms with E-state index in [9.17, 15) is 13.2 Å². The van der Waals surface area contributed by atoms with Crippen molar-refractivity contribution < 1.29 is 13.2 Å². The Morgan fingerprint density at radius 2 is 1.90 bits per heavy atom. The summed E-state index contributed by atoms with van der Waals surface area (Å²) in [6, 6.07) is 6.88. The fourth-order valence-corrected chi connectivity index (χ4v) is 2.64. The number of halogens is 3. The summed E-state index contributed by atoms with van der Waals surface area (Å²) >= 11 is 0. The lowest BCUT2D eigenvalue weighted by Gasteiger charge is -2.36. The van der Waals surface area contributed by atoms with E-state index in [1.807, 2.05) is 45.0 Å². The van der Waals surface area contributed by atoms with Gasteiger partial charge in [0.2, 0.25) is 0 Å². The van der Waals surface area contributed by atoms with Gasteiger partial charge in [-0.3, -0.25) is 4.90 Å². The van der Waals surface area contributed by atoms with Crippen LogP contribution in [-0.4, -0.2) is 30.2 Å². The van der Waals surface area contributed by atoms with E-state index in [1.54, 1.807) is 0 Å². The third-order valence-corrected chi connectivity index (χ3v) is 3.55. The number of nitrogens with two attached hydrogens (primary N) is 1. The van der Waals surface area contributed by atoms with E-state index in [1.165, 1.54) is 4.90 Å². The Labute approximate surface area is 125 Å². The van der Waals surface area contributed by atoms with Crippen molar-refractivity contribution in [3.8, 4) is 0 Å². The van der Waals surface area contributed by atoms with Crippen LogP contribution in [0.15, 0.2) is 24.3 Å². The molecule has 2 unspecified atom stereocenters. The minimum atomic E-state index is -4.22. The third kappa shape index (κ3) is 5.67. The molecule has 0 radical (unpaired) electrons. The molecule has 0 aliphatic carbocycles. The van der Waals surface area contributed by atoms with Crippen molar-refractivity contribution in [1.82, 2.24) is 4.90 Å². The number of hydrogen-bond donors (Lipinski definition) is 1. The molecule has 2 N–H and O–H groups in total. The van der Waals surface area contributed by atoms with Crippen LogP contribution >= 0.6 is 0 Å². The molecule has 0 aliphatic heterocycles. The molecule has 120 valence electrons. The zero-order valence-electron chi connectivity index (χ0n) is 13.0. The Hall–Kier alpha value is -1.07. The highest BCUT2D eigenvalue weighted by Crippen LogP contribution is 2.29. The smallest absolute Gasteiger partial charge is 0.326 e. The fraction of sp³-hybridized carbons (Fsp3) is 0.625. The predicted octanol–water partition coefficient (Wildman–Crippen LogP) is 4.05. The second-order valence-corrected chi connectivity index (χ2v) is 5.52. The maximum Gasteiger partial charge on any atom is 0.401 e. The zero-order valence-corrected chi connectivity index (χ0v) is 13.0. The van der Waals surface area contributed by atoms with Crippen LogP contribution in [0, 0.1) is 6.92 Å². The van der Waals surface area contributed by atoms with Crippen molar-refractivity contribution in [3.63, 3.8) is 0 Å². The molecule has 21 heavy (non-hydrogen) atoms. The number of benzene rings is 1. The molecule has 1 aromatic rings. The first-order chi connectivity index (χ1) is 9.78. The minimum absolute atomic E-state index is 0.319. The molecule has 1 aromatic carbocycles. The lowest BCUT2D eigenvalue weighted by molar-refractivity contribution is -0.152. The molecule has 1 rings (SSSR count). The summed E-state index contributed by atoms with van der Waals surface area (Å²) in [6.45, 7) is 5.18. The molecule has 0 amide bonds. The zero-order chi connectivity index (χ0) is 16.0. The average molecular weight is 302 g/mol. The SMILES string of the molecule is CCCN(CC(F)(F)F)C(c1cccc(C)c1)C(N)CC. The number of hydrogen-bond acceptors (Lipinski definition) is 2. The van der Waals surface area contributed by atoms with E-state index < -0.39 is 18.8 Å². The van der Waals surface area contributed by atoms with Gasteiger partial charge in [0.05, 0.1) is 12.6 Å². The molecule has 0 aromatic heterocycles. The Bertz CT molecular complexity index is 432. The lowest BCUT2D eigenvalue weighted by Crippen LogP contribution is -2.45. The highest BCUT2D eigenvalue weighted by atomic mass is 19.4. The van der Waals surface area contributed by atoms with Gasteiger partial charge in [-0.15, -0.1) is 0 Å². The maximum atomic E-state index is 12.9. The lowest BCUT2D eigenvalue weighted by atomic mass is 9.95. The van der Waals surface area contributed by atoms with Crippen LogP contribution in [0.3, 0.4) is 0 Å². The summed E-state index contributed by atoms with van der Waals surface area (Å²) in [5, 5.41) is 0. The Morgan fingerprint density at radius 1 is 1.24 bits per heavy atom. The molecule has 0 spiro atoms. The van der Waals surface area contributed by atoms with Gasteiger partial charge in [0.1, 0.15) is 0 Å². The summed E-state index contributed by atoms with van der Waals surface area (Å²) in [5.41, 5.74) is 8.04. The van der Waals surface area contributed by atoms with Crippen molar-refractivity contribution >= 4 is 0 Å². The molecule has 0 bridgehead atoms. The molecule has 0 saturated heterocycles. The molecule has 5 heteroatoms. The van der Waals surface area contributed by atoms with Crippen molar-refractivity contribution in [1.29, 1.82) is 0 Å². The van der Waals surface area contributed by atoms with E-state index in [0.29, 0.717) is 19.4 Å². The molecule has 2 atom stereocenters. The van der Waals surface area contributed by atoms with E-state index in [4.69, 9.17) is 5.73 Å². The van der Waals surface area contributed by atoms with Crippen LogP contribution in [-0.2, 0) is 0 Å². The van der Waals surface area contributed by atoms with Crippen molar-refractivity contribution in [2.45, 2.75) is 51.9 Å². The molecule has 0 heterocycles. The maximum absolute atomic E-state index is 12.9. The van der Waals surface area contributed by atoms with E-state index in [-0.39, 0.29) is 6.04 Å². The topological polar surface area (TPSA) is 29.3 Å². The van der Waals surface area contributed by atoms with Crippen molar-refractivity contribution in [2.75, 3.05) is 13.1 Å². The summed E-state index contributed by atoms with van der Waals surface area (Å²) < 4.78 is 38.6. The summed E-state index contributed by atoms with van der Waals surface area (Å²) in [6.07, 6.45) is -2.92. The van der Waals surface area contributed by atoms with Crippen LogP contribution in [0.2, 0.25) is 0 Å². The number of alkyl halides is 3. The van der Waals surface area contributed by atoms with Gasteiger partial charge < -0.3 is 5.73 Å². The highest BCUT2D eigenvalue weighted by molar-refractivity contribution is 5.26. The normalized spacial score (nSPS) is 15.2. The van der Waals surface area contributed by atoms with Crippen LogP contribution in [0.25, 0.3) is 0 Å². The second-order valence-electron chi connectivity index (χ2n) is 5.52.